The van der Waals surface area contributed by atoms with E-state index >= 15 is 0 Å². The van der Waals surface area contributed by atoms with Gasteiger partial charge in [-0.25, -0.2) is 0 Å². The lowest BCUT2D eigenvalue weighted by atomic mass is 10.2. The summed E-state index contributed by atoms with van der Waals surface area (Å²) >= 11 is 7.50. The minimum absolute atomic E-state index is 0.162. The van der Waals surface area contributed by atoms with Gasteiger partial charge < -0.3 is 5.32 Å². The average Bonchev–Trinajstić information content (AvgIpc) is 3.24. The van der Waals surface area contributed by atoms with Crippen molar-refractivity contribution in [3.8, 4) is 23.1 Å². The number of benzene rings is 3. The molecule has 0 saturated carbocycles. The van der Waals surface area contributed by atoms with Gasteiger partial charge in [0.25, 0.3) is 0 Å². The molecule has 8 heteroatoms. The molecule has 0 saturated heterocycles. The van der Waals surface area contributed by atoms with Gasteiger partial charge in [-0.1, -0.05) is 53.2 Å². The van der Waals surface area contributed by atoms with E-state index in [4.69, 9.17) is 11.6 Å². The van der Waals surface area contributed by atoms with Gasteiger partial charge in [0.15, 0.2) is 11.0 Å². The van der Waals surface area contributed by atoms with E-state index in [1.165, 1.54) is 11.8 Å². The third-order valence-corrected chi connectivity index (χ3v) is 6.09. The van der Waals surface area contributed by atoms with Crippen LogP contribution >= 0.6 is 23.4 Å². The van der Waals surface area contributed by atoms with Gasteiger partial charge >= 0.3 is 0 Å². The second-order valence-corrected chi connectivity index (χ2v) is 8.79. The SMILES string of the molecule is Cc1ccc(-n2c(SCCC(=O)Nc3ccccc3C#N)nnc2-c2ccc(Cl)cc2)cc1. The third-order valence-electron chi connectivity index (χ3n) is 4.91. The number of carbonyl (C=O) groups is 1. The summed E-state index contributed by atoms with van der Waals surface area (Å²) in [5, 5.41) is 22.1. The number of para-hydroxylation sites is 1. The maximum atomic E-state index is 12.4. The number of thioether (sulfide) groups is 1. The van der Waals surface area contributed by atoms with Crippen LogP contribution in [0.5, 0.6) is 0 Å². The van der Waals surface area contributed by atoms with Gasteiger partial charge in [0, 0.05) is 28.4 Å². The predicted molar refractivity (Wildman–Crippen MR) is 132 cm³/mol. The highest BCUT2D eigenvalue weighted by Gasteiger charge is 2.17. The highest BCUT2D eigenvalue weighted by Crippen LogP contribution is 2.29. The van der Waals surface area contributed by atoms with E-state index in [1.54, 1.807) is 24.3 Å². The number of hydrogen-bond donors (Lipinski definition) is 1. The Labute approximate surface area is 201 Å². The zero-order valence-corrected chi connectivity index (χ0v) is 19.4. The molecule has 4 aromatic rings. The molecule has 1 amide bonds. The molecule has 1 aromatic heterocycles. The summed E-state index contributed by atoms with van der Waals surface area (Å²) in [4.78, 5) is 12.4. The van der Waals surface area contributed by atoms with E-state index in [1.807, 2.05) is 60.0 Å². The van der Waals surface area contributed by atoms with E-state index in [0.717, 1.165) is 16.8 Å². The Balaban J connectivity index is 1.52. The molecule has 33 heavy (non-hydrogen) atoms. The number of hydrogen-bond acceptors (Lipinski definition) is 5. The Bertz CT molecular complexity index is 1310. The fraction of sp³-hybridized carbons (Fsp3) is 0.120. The summed E-state index contributed by atoms with van der Waals surface area (Å²) in [5.74, 6) is 1.04. The summed E-state index contributed by atoms with van der Waals surface area (Å²) in [6.07, 6.45) is 0.265. The second-order valence-electron chi connectivity index (χ2n) is 7.29. The number of amides is 1. The topological polar surface area (TPSA) is 83.6 Å². The lowest BCUT2D eigenvalue weighted by molar-refractivity contribution is -0.115. The highest BCUT2D eigenvalue weighted by molar-refractivity contribution is 7.99. The molecule has 0 spiro atoms. The quantitative estimate of drug-likeness (QED) is 0.338. The van der Waals surface area contributed by atoms with E-state index in [0.29, 0.717) is 33.0 Å². The number of aryl methyl sites for hydroxylation is 1. The Morgan fingerprint density at radius 2 is 1.79 bits per heavy atom. The van der Waals surface area contributed by atoms with Crippen molar-refractivity contribution in [1.82, 2.24) is 14.8 Å². The normalized spacial score (nSPS) is 10.6. The zero-order valence-electron chi connectivity index (χ0n) is 17.8. The summed E-state index contributed by atoms with van der Waals surface area (Å²) in [7, 11) is 0. The lowest BCUT2D eigenvalue weighted by Gasteiger charge is -2.11. The fourth-order valence-corrected chi connectivity index (χ4v) is 4.23. The molecular formula is C25H20ClN5OS. The van der Waals surface area contributed by atoms with Crippen molar-refractivity contribution in [3.63, 3.8) is 0 Å². The molecule has 0 radical (unpaired) electrons. The smallest absolute Gasteiger partial charge is 0.225 e. The van der Waals surface area contributed by atoms with Crippen LogP contribution in [-0.4, -0.2) is 26.4 Å². The Hall–Kier alpha value is -3.60. The van der Waals surface area contributed by atoms with Gasteiger partial charge in [-0.05, 0) is 55.5 Å². The first-order valence-electron chi connectivity index (χ1n) is 10.3. The van der Waals surface area contributed by atoms with Crippen LogP contribution in [0.25, 0.3) is 17.1 Å². The largest absolute Gasteiger partial charge is 0.325 e. The van der Waals surface area contributed by atoms with Crippen LogP contribution < -0.4 is 5.32 Å². The van der Waals surface area contributed by atoms with E-state index in [9.17, 15) is 10.1 Å². The monoisotopic (exact) mass is 473 g/mol. The standard InChI is InChI=1S/C25H20ClN5OS/c1-17-6-12-21(13-7-17)31-24(18-8-10-20(26)11-9-18)29-30-25(31)33-15-14-23(32)28-22-5-3-2-4-19(22)16-27/h2-13H,14-15H2,1H3,(H,28,32). The minimum atomic E-state index is -0.162. The maximum absolute atomic E-state index is 12.4. The predicted octanol–water partition coefficient (Wildman–Crippen LogP) is 5.89. The summed E-state index contributed by atoms with van der Waals surface area (Å²) < 4.78 is 1.98. The van der Waals surface area contributed by atoms with E-state index in [2.05, 4.69) is 21.6 Å². The number of nitrogens with zero attached hydrogens (tertiary/aromatic N) is 4. The molecule has 0 atom stereocenters. The Morgan fingerprint density at radius 1 is 1.06 bits per heavy atom. The van der Waals surface area contributed by atoms with Crippen molar-refractivity contribution < 1.29 is 4.79 Å². The number of rotatable bonds is 7. The van der Waals surface area contributed by atoms with Crippen molar-refractivity contribution in [1.29, 1.82) is 5.26 Å². The van der Waals surface area contributed by atoms with E-state index in [-0.39, 0.29) is 12.3 Å². The van der Waals surface area contributed by atoms with Crippen LogP contribution in [0.3, 0.4) is 0 Å². The van der Waals surface area contributed by atoms with Gasteiger partial charge in [-0.15, -0.1) is 10.2 Å². The molecule has 0 bridgehead atoms. The third kappa shape index (κ3) is 5.43. The Kier molecular flexibility index (Phi) is 7.08. The van der Waals surface area contributed by atoms with Gasteiger partial charge in [0.05, 0.1) is 11.3 Å². The van der Waals surface area contributed by atoms with Crippen molar-refractivity contribution in [2.75, 3.05) is 11.1 Å². The van der Waals surface area contributed by atoms with Gasteiger partial charge in [0.1, 0.15) is 6.07 Å². The molecule has 6 nitrogen and oxygen atoms in total. The molecule has 1 N–H and O–H groups in total. The Morgan fingerprint density at radius 3 is 2.52 bits per heavy atom. The number of aromatic nitrogens is 3. The maximum Gasteiger partial charge on any atom is 0.225 e. The van der Waals surface area contributed by atoms with Crippen LogP contribution in [0.1, 0.15) is 17.5 Å². The molecule has 3 aromatic carbocycles. The molecule has 0 aliphatic carbocycles. The van der Waals surface area contributed by atoms with Crippen molar-refractivity contribution in [2.24, 2.45) is 0 Å². The molecule has 0 aliphatic heterocycles. The fourth-order valence-electron chi connectivity index (χ4n) is 3.21. The van der Waals surface area contributed by atoms with Gasteiger partial charge in [-0.2, -0.15) is 5.26 Å². The molecule has 0 fully saturated rings. The number of anilines is 1. The number of nitriles is 1. The van der Waals surface area contributed by atoms with Crippen LogP contribution in [0.4, 0.5) is 5.69 Å². The molecule has 164 valence electrons. The lowest BCUT2D eigenvalue weighted by Crippen LogP contribution is -2.13. The summed E-state index contributed by atoms with van der Waals surface area (Å²) in [5.41, 5.74) is 3.94. The van der Waals surface area contributed by atoms with Gasteiger partial charge in [-0.3, -0.25) is 9.36 Å². The highest BCUT2D eigenvalue weighted by atomic mass is 35.5. The molecule has 0 unspecified atom stereocenters. The van der Waals surface area contributed by atoms with Crippen LogP contribution in [0.2, 0.25) is 5.02 Å². The first kappa shape index (κ1) is 22.6. The van der Waals surface area contributed by atoms with Gasteiger partial charge in [0.2, 0.25) is 5.91 Å². The first-order chi connectivity index (χ1) is 16.0. The van der Waals surface area contributed by atoms with Crippen LogP contribution in [0.15, 0.2) is 78.0 Å². The number of carbonyl (C=O) groups excluding carboxylic acids is 1. The molecular weight excluding hydrogens is 454 g/mol. The number of halogens is 1. The molecule has 0 aliphatic rings. The van der Waals surface area contributed by atoms with Crippen molar-refractivity contribution in [3.05, 3.63) is 88.9 Å². The summed E-state index contributed by atoms with van der Waals surface area (Å²) in [6, 6.07) is 24.6. The van der Waals surface area contributed by atoms with Crippen molar-refractivity contribution in [2.45, 2.75) is 18.5 Å². The number of nitrogens with one attached hydrogen (secondary N) is 1. The van der Waals surface area contributed by atoms with E-state index < -0.39 is 0 Å². The van der Waals surface area contributed by atoms with Crippen LogP contribution in [0, 0.1) is 18.3 Å². The average molecular weight is 474 g/mol. The first-order valence-corrected chi connectivity index (χ1v) is 11.6. The second kappa shape index (κ2) is 10.3. The summed E-state index contributed by atoms with van der Waals surface area (Å²) in [6.45, 7) is 2.04. The van der Waals surface area contributed by atoms with Crippen molar-refractivity contribution >= 4 is 35.0 Å². The molecule has 1 heterocycles. The van der Waals surface area contributed by atoms with Crippen LogP contribution in [-0.2, 0) is 4.79 Å². The minimum Gasteiger partial charge on any atom is -0.325 e. The molecule has 4 rings (SSSR count). The zero-order chi connectivity index (χ0) is 23.2.